The van der Waals surface area contributed by atoms with Gasteiger partial charge in [-0.25, -0.2) is 4.98 Å². The lowest BCUT2D eigenvalue weighted by atomic mass is 10.1. The van der Waals surface area contributed by atoms with Crippen molar-refractivity contribution >= 4 is 22.2 Å². The average molecular weight is 360 g/mol. The topological polar surface area (TPSA) is 51.4 Å². The van der Waals surface area contributed by atoms with E-state index < -0.39 is 0 Å². The standard InChI is InChI=1S/C20H29N3OS/c1-2-3-4-5-6-7-8-11-23-12-13-24-19-10-9-16(14-18(19)23)17-15-25-20(21)22-17/h9-10,14-15H,2-8,11-13H2,1H3,(H2,21,22). The van der Waals surface area contributed by atoms with Crippen LogP contribution in [0.15, 0.2) is 23.6 Å². The molecule has 0 bridgehead atoms. The van der Waals surface area contributed by atoms with Crippen LogP contribution in [0, 0.1) is 0 Å². The SMILES string of the molecule is CCCCCCCCCN1CCOc2ccc(-c3csc(N)n3)cc21. The summed E-state index contributed by atoms with van der Waals surface area (Å²) in [5.74, 6) is 0.987. The lowest BCUT2D eigenvalue weighted by Crippen LogP contribution is -2.33. The Morgan fingerprint density at radius 2 is 1.96 bits per heavy atom. The van der Waals surface area contributed by atoms with E-state index in [1.807, 2.05) is 5.38 Å². The highest BCUT2D eigenvalue weighted by molar-refractivity contribution is 7.13. The normalized spacial score (nSPS) is 13.6. The Morgan fingerprint density at radius 1 is 1.16 bits per heavy atom. The summed E-state index contributed by atoms with van der Waals surface area (Å²) in [5, 5.41) is 2.63. The summed E-state index contributed by atoms with van der Waals surface area (Å²) in [4.78, 5) is 6.87. The van der Waals surface area contributed by atoms with E-state index in [2.05, 4.69) is 35.0 Å². The van der Waals surface area contributed by atoms with Gasteiger partial charge < -0.3 is 15.4 Å². The third-order valence-corrected chi connectivity index (χ3v) is 5.44. The Bertz CT molecular complexity index is 671. The van der Waals surface area contributed by atoms with Crippen molar-refractivity contribution in [1.29, 1.82) is 0 Å². The first kappa shape index (κ1) is 18.1. The van der Waals surface area contributed by atoms with Gasteiger partial charge in [0.1, 0.15) is 12.4 Å². The molecule has 0 saturated heterocycles. The lowest BCUT2D eigenvalue weighted by Gasteiger charge is -2.31. The van der Waals surface area contributed by atoms with Crippen molar-refractivity contribution < 1.29 is 4.74 Å². The molecule has 4 nitrogen and oxygen atoms in total. The largest absolute Gasteiger partial charge is 0.490 e. The molecule has 0 spiro atoms. The second-order valence-corrected chi connectivity index (χ2v) is 7.60. The highest BCUT2D eigenvalue weighted by atomic mass is 32.1. The van der Waals surface area contributed by atoms with Crippen molar-refractivity contribution in [3.05, 3.63) is 23.6 Å². The van der Waals surface area contributed by atoms with Gasteiger partial charge in [0.2, 0.25) is 0 Å². The number of hydrogen-bond donors (Lipinski definition) is 1. The molecule has 25 heavy (non-hydrogen) atoms. The molecule has 3 rings (SSSR count). The number of benzene rings is 1. The van der Waals surface area contributed by atoms with Crippen molar-refractivity contribution in [1.82, 2.24) is 4.98 Å². The number of rotatable bonds is 9. The van der Waals surface area contributed by atoms with Crippen molar-refractivity contribution in [3.63, 3.8) is 0 Å². The molecule has 0 fully saturated rings. The number of nitrogen functional groups attached to an aromatic ring is 1. The molecule has 0 atom stereocenters. The van der Waals surface area contributed by atoms with Gasteiger partial charge in [0.25, 0.3) is 0 Å². The lowest BCUT2D eigenvalue weighted by molar-refractivity contribution is 0.307. The van der Waals surface area contributed by atoms with E-state index in [0.29, 0.717) is 5.13 Å². The van der Waals surface area contributed by atoms with Gasteiger partial charge in [0.15, 0.2) is 5.13 Å². The third-order valence-electron chi connectivity index (χ3n) is 4.77. The molecule has 2 heterocycles. The van der Waals surface area contributed by atoms with Crippen LogP contribution < -0.4 is 15.4 Å². The van der Waals surface area contributed by atoms with Crippen LogP contribution in [0.4, 0.5) is 10.8 Å². The van der Waals surface area contributed by atoms with Gasteiger partial charge in [-0.3, -0.25) is 0 Å². The maximum absolute atomic E-state index is 5.84. The minimum Gasteiger partial charge on any atom is -0.490 e. The number of fused-ring (bicyclic) bond motifs is 1. The van der Waals surface area contributed by atoms with E-state index in [1.165, 1.54) is 62.0 Å². The van der Waals surface area contributed by atoms with Crippen molar-refractivity contribution in [3.8, 4) is 17.0 Å². The summed E-state index contributed by atoms with van der Waals surface area (Å²) in [6.45, 7) is 5.11. The molecule has 136 valence electrons. The second-order valence-electron chi connectivity index (χ2n) is 6.71. The predicted octanol–water partition coefficient (Wildman–Crippen LogP) is 5.34. The zero-order chi connectivity index (χ0) is 17.5. The maximum Gasteiger partial charge on any atom is 0.180 e. The Morgan fingerprint density at radius 3 is 2.72 bits per heavy atom. The fourth-order valence-corrected chi connectivity index (χ4v) is 3.92. The van der Waals surface area contributed by atoms with E-state index >= 15 is 0 Å². The van der Waals surface area contributed by atoms with E-state index in [1.54, 1.807) is 0 Å². The van der Waals surface area contributed by atoms with Gasteiger partial charge in [-0.1, -0.05) is 45.4 Å². The van der Waals surface area contributed by atoms with Gasteiger partial charge in [-0.2, -0.15) is 0 Å². The minimum atomic E-state index is 0.615. The number of anilines is 2. The molecular weight excluding hydrogens is 330 g/mol. The number of thiazole rings is 1. The summed E-state index contributed by atoms with van der Waals surface area (Å²) in [5.41, 5.74) is 9.04. The van der Waals surface area contributed by atoms with Gasteiger partial charge >= 0.3 is 0 Å². The van der Waals surface area contributed by atoms with Crippen LogP contribution in [-0.2, 0) is 0 Å². The zero-order valence-electron chi connectivity index (χ0n) is 15.2. The van der Waals surface area contributed by atoms with E-state index in [0.717, 1.165) is 36.7 Å². The van der Waals surface area contributed by atoms with Gasteiger partial charge in [0, 0.05) is 17.5 Å². The molecule has 1 aliphatic rings. The summed E-state index contributed by atoms with van der Waals surface area (Å²) in [6, 6.07) is 6.34. The summed E-state index contributed by atoms with van der Waals surface area (Å²) < 4.78 is 5.84. The fraction of sp³-hybridized carbons (Fsp3) is 0.550. The van der Waals surface area contributed by atoms with E-state index in [-0.39, 0.29) is 0 Å². The van der Waals surface area contributed by atoms with E-state index in [4.69, 9.17) is 10.5 Å². The Hall–Kier alpha value is -1.75. The molecule has 1 aromatic carbocycles. The molecule has 1 aromatic heterocycles. The maximum atomic E-state index is 5.84. The highest BCUT2D eigenvalue weighted by Gasteiger charge is 2.19. The Balaban J connectivity index is 1.58. The molecule has 0 radical (unpaired) electrons. The average Bonchev–Trinajstić information content (AvgIpc) is 3.07. The first-order chi connectivity index (χ1) is 12.3. The van der Waals surface area contributed by atoms with Crippen molar-refractivity contribution in [2.24, 2.45) is 0 Å². The highest BCUT2D eigenvalue weighted by Crippen LogP contribution is 2.36. The first-order valence-corrected chi connectivity index (χ1v) is 10.4. The van der Waals surface area contributed by atoms with Crippen LogP contribution in [0.1, 0.15) is 51.9 Å². The van der Waals surface area contributed by atoms with Crippen molar-refractivity contribution in [2.45, 2.75) is 51.9 Å². The number of nitrogens with zero attached hydrogens (tertiary/aromatic N) is 2. The summed E-state index contributed by atoms with van der Waals surface area (Å²) >= 11 is 1.48. The molecule has 2 aromatic rings. The molecule has 2 N–H and O–H groups in total. The van der Waals surface area contributed by atoms with Gasteiger partial charge in [0.05, 0.1) is 17.9 Å². The monoisotopic (exact) mass is 359 g/mol. The smallest absolute Gasteiger partial charge is 0.180 e. The van der Waals surface area contributed by atoms with Crippen LogP contribution in [0.25, 0.3) is 11.3 Å². The molecule has 1 aliphatic heterocycles. The molecule has 0 amide bonds. The van der Waals surface area contributed by atoms with Crippen LogP contribution in [0.5, 0.6) is 5.75 Å². The summed E-state index contributed by atoms with van der Waals surface area (Å²) in [7, 11) is 0. The van der Waals surface area contributed by atoms with Crippen molar-refractivity contribution in [2.75, 3.05) is 30.3 Å². The molecule has 0 aliphatic carbocycles. The Kier molecular flexibility index (Phi) is 6.56. The molecule has 0 saturated carbocycles. The summed E-state index contributed by atoms with van der Waals surface area (Å²) in [6.07, 6.45) is 9.38. The third kappa shape index (κ3) is 4.88. The number of ether oxygens (including phenoxy) is 1. The number of nitrogens with two attached hydrogens (primary N) is 1. The predicted molar refractivity (Wildman–Crippen MR) is 108 cm³/mol. The van der Waals surface area contributed by atoms with Crippen LogP contribution >= 0.6 is 11.3 Å². The minimum absolute atomic E-state index is 0.615. The number of aromatic nitrogens is 1. The molecular formula is C20H29N3OS. The fourth-order valence-electron chi connectivity index (χ4n) is 3.34. The van der Waals surface area contributed by atoms with Crippen LogP contribution in [0.3, 0.4) is 0 Å². The van der Waals surface area contributed by atoms with Gasteiger partial charge in [-0.15, -0.1) is 11.3 Å². The molecule has 0 unspecified atom stereocenters. The van der Waals surface area contributed by atoms with Crippen LogP contribution in [-0.4, -0.2) is 24.7 Å². The first-order valence-electron chi connectivity index (χ1n) is 9.51. The van der Waals surface area contributed by atoms with E-state index in [9.17, 15) is 0 Å². The quantitative estimate of drug-likeness (QED) is 0.614. The van der Waals surface area contributed by atoms with Gasteiger partial charge in [-0.05, 0) is 24.6 Å². The van der Waals surface area contributed by atoms with Crippen LogP contribution in [0.2, 0.25) is 0 Å². The molecule has 5 heteroatoms. The number of unbranched alkanes of at least 4 members (excludes halogenated alkanes) is 6. The number of hydrogen-bond acceptors (Lipinski definition) is 5. The zero-order valence-corrected chi connectivity index (χ0v) is 16.0. The second kappa shape index (κ2) is 9.09. The Labute approximate surface area is 155 Å².